The number of nitrogen functional groups attached to an aromatic ring is 1. The molecule has 1 aliphatic rings. The van der Waals surface area contributed by atoms with Crippen LogP contribution >= 0.6 is 0 Å². The van der Waals surface area contributed by atoms with Gasteiger partial charge in [-0.05, 0) is 23.6 Å². The van der Waals surface area contributed by atoms with Crippen molar-refractivity contribution >= 4 is 11.6 Å². The third kappa shape index (κ3) is 2.56. The summed E-state index contributed by atoms with van der Waals surface area (Å²) >= 11 is 0. The van der Waals surface area contributed by atoms with Gasteiger partial charge in [0.2, 0.25) is 17.7 Å². The summed E-state index contributed by atoms with van der Waals surface area (Å²) in [6, 6.07) is 7.68. The van der Waals surface area contributed by atoms with Gasteiger partial charge in [-0.3, -0.25) is 0 Å². The predicted molar refractivity (Wildman–Crippen MR) is 80.7 cm³/mol. The van der Waals surface area contributed by atoms with E-state index < -0.39 is 0 Å². The monoisotopic (exact) mass is 286 g/mol. The number of ether oxygens (including phenoxy) is 2. The van der Waals surface area contributed by atoms with Gasteiger partial charge in [0.25, 0.3) is 0 Å². The molecule has 3 rings (SSSR count). The van der Waals surface area contributed by atoms with Crippen LogP contribution in [0, 0.1) is 0 Å². The summed E-state index contributed by atoms with van der Waals surface area (Å²) in [5, 5.41) is 0. The minimum absolute atomic E-state index is 0.496. The number of nitrogens with zero attached hydrogens (tertiary/aromatic N) is 3. The molecule has 0 atom stereocenters. The van der Waals surface area contributed by atoms with Gasteiger partial charge in [0.05, 0.1) is 20.3 Å². The van der Waals surface area contributed by atoms with E-state index in [0.717, 1.165) is 25.2 Å². The maximum atomic E-state index is 6.03. The van der Waals surface area contributed by atoms with Crippen LogP contribution in [0.4, 0.5) is 11.6 Å². The van der Waals surface area contributed by atoms with Crippen molar-refractivity contribution in [3.8, 4) is 11.8 Å². The summed E-state index contributed by atoms with van der Waals surface area (Å²) in [4.78, 5) is 10.9. The Morgan fingerprint density at radius 3 is 2.52 bits per heavy atom. The Morgan fingerprint density at radius 1 is 1.14 bits per heavy atom. The van der Waals surface area contributed by atoms with E-state index in [2.05, 4.69) is 20.9 Å². The molecule has 0 fully saturated rings. The largest absolute Gasteiger partial charge is 0.481 e. The van der Waals surface area contributed by atoms with Crippen molar-refractivity contribution in [2.75, 3.05) is 31.4 Å². The molecule has 0 unspecified atom stereocenters. The SMILES string of the molecule is COc1cc(OC)nc(N2CCc3c(N)cccc3C2)n1. The first-order valence-electron chi connectivity index (χ1n) is 6.79. The number of rotatable bonds is 3. The molecule has 110 valence electrons. The molecule has 6 heteroatoms. The molecule has 6 nitrogen and oxygen atoms in total. The lowest BCUT2D eigenvalue weighted by molar-refractivity contribution is 0.371. The number of hydrogen-bond acceptors (Lipinski definition) is 6. The number of hydrogen-bond donors (Lipinski definition) is 1. The molecule has 0 radical (unpaired) electrons. The van der Waals surface area contributed by atoms with Crippen molar-refractivity contribution in [3.05, 3.63) is 35.4 Å². The third-order valence-corrected chi connectivity index (χ3v) is 3.67. The lowest BCUT2D eigenvalue weighted by Crippen LogP contribution is -2.32. The van der Waals surface area contributed by atoms with Crippen molar-refractivity contribution in [3.63, 3.8) is 0 Å². The molecule has 0 amide bonds. The van der Waals surface area contributed by atoms with Gasteiger partial charge in [0.15, 0.2) is 0 Å². The maximum Gasteiger partial charge on any atom is 0.232 e. The van der Waals surface area contributed by atoms with Gasteiger partial charge in [0, 0.05) is 18.8 Å². The summed E-state index contributed by atoms with van der Waals surface area (Å²) in [6.07, 6.45) is 0.880. The highest BCUT2D eigenvalue weighted by Gasteiger charge is 2.21. The Labute approximate surface area is 123 Å². The Morgan fingerprint density at radius 2 is 1.86 bits per heavy atom. The number of aromatic nitrogens is 2. The first-order chi connectivity index (χ1) is 10.2. The van der Waals surface area contributed by atoms with Crippen molar-refractivity contribution in [2.45, 2.75) is 13.0 Å². The van der Waals surface area contributed by atoms with E-state index in [9.17, 15) is 0 Å². The molecule has 0 saturated carbocycles. The second kappa shape index (κ2) is 5.47. The van der Waals surface area contributed by atoms with Crippen molar-refractivity contribution in [1.29, 1.82) is 0 Å². The van der Waals surface area contributed by atoms with Crippen LogP contribution in [0.2, 0.25) is 0 Å². The molecule has 0 saturated heterocycles. The molecule has 1 aromatic heterocycles. The predicted octanol–water partition coefficient (Wildman–Crippen LogP) is 1.64. The van der Waals surface area contributed by atoms with E-state index in [1.54, 1.807) is 20.3 Å². The van der Waals surface area contributed by atoms with E-state index in [1.807, 2.05) is 12.1 Å². The number of nitrogens with two attached hydrogens (primary N) is 1. The highest BCUT2D eigenvalue weighted by atomic mass is 16.5. The quantitative estimate of drug-likeness (QED) is 0.865. The fraction of sp³-hybridized carbons (Fsp3) is 0.333. The van der Waals surface area contributed by atoms with E-state index in [1.165, 1.54) is 11.1 Å². The lowest BCUT2D eigenvalue weighted by Gasteiger charge is -2.29. The Bertz CT molecular complexity index is 638. The molecule has 0 aliphatic carbocycles. The second-order valence-corrected chi connectivity index (χ2v) is 4.91. The molecular formula is C15H18N4O2. The molecule has 1 aliphatic heterocycles. The summed E-state index contributed by atoms with van der Waals surface area (Å²) in [5.41, 5.74) is 9.32. The van der Waals surface area contributed by atoms with E-state index >= 15 is 0 Å². The van der Waals surface area contributed by atoms with E-state index in [4.69, 9.17) is 15.2 Å². The zero-order valence-electron chi connectivity index (χ0n) is 12.2. The molecule has 2 aromatic rings. The molecule has 1 aromatic carbocycles. The minimum atomic E-state index is 0.496. The molecule has 0 spiro atoms. The van der Waals surface area contributed by atoms with E-state index in [0.29, 0.717) is 17.7 Å². The first kappa shape index (κ1) is 13.5. The average molecular weight is 286 g/mol. The van der Waals surface area contributed by atoms with Crippen LogP contribution in [0.1, 0.15) is 11.1 Å². The standard InChI is InChI=1S/C15H18N4O2/c1-20-13-8-14(21-2)18-15(17-13)19-7-6-11-10(9-19)4-3-5-12(11)16/h3-5,8H,6-7,9,16H2,1-2H3. The zero-order valence-corrected chi connectivity index (χ0v) is 12.2. The number of fused-ring (bicyclic) bond motifs is 1. The fourth-order valence-electron chi connectivity index (χ4n) is 2.55. The van der Waals surface area contributed by atoms with Gasteiger partial charge in [-0.1, -0.05) is 12.1 Å². The van der Waals surface area contributed by atoms with Crippen LogP contribution in [0.3, 0.4) is 0 Å². The highest BCUT2D eigenvalue weighted by molar-refractivity contribution is 5.54. The normalized spacial score (nSPS) is 13.7. The molecule has 21 heavy (non-hydrogen) atoms. The molecule has 2 heterocycles. The summed E-state index contributed by atoms with van der Waals surface area (Å²) in [5.74, 6) is 1.60. The fourth-order valence-corrected chi connectivity index (χ4v) is 2.55. The van der Waals surface area contributed by atoms with Gasteiger partial charge in [-0.25, -0.2) is 0 Å². The van der Waals surface area contributed by atoms with Crippen molar-refractivity contribution in [2.24, 2.45) is 0 Å². The molecule has 2 N–H and O–H groups in total. The third-order valence-electron chi connectivity index (χ3n) is 3.67. The highest BCUT2D eigenvalue weighted by Crippen LogP contribution is 2.28. The summed E-state index contributed by atoms with van der Waals surface area (Å²) in [7, 11) is 3.16. The van der Waals surface area contributed by atoms with Gasteiger partial charge in [0.1, 0.15) is 0 Å². The Balaban J connectivity index is 1.92. The van der Waals surface area contributed by atoms with Crippen LogP contribution in [-0.2, 0) is 13.0 Å². The Hall–Kier alpha value is -2.50. The van der Waals surface area contributed by atoms with Crippen LogP contribution in [0.5, 0.6) is 11.8 Å². The topological polar surface area (TPSA) is 73.5 Å². The lowest BCUT2D eigenvalue weighted by atomic mass is 9.98. The van der Waals surface area contributed by atoms with Crippen LogP contribution in [0.15, 0.2) is 24.3 Å². The average Bonchev–Trinajstić information content (AvgIpc) is 2.54. The van der Waals surface area contributed by atoms with Gasteiger partial charge in [-0.15, -0.1) is 0 Å². The first-order valence-corrected chi connectivity index (χ1v) is 6.79. The maximum absolute atomic E-state index is 6.03. The number of benzene rings is 1. The van der Waals surface area contributed by atoms with Gasteiger partial charge in [-0.2, -0.15) is 9.97 Å². The van der Waals surface area contributed by atoms with Gasteiger partial charge >= 0.3 is 0 Å². The smallest absolute Gasteiger partial charge is 0.232 e. The molecular weight excluding hydrogens is 268 g/mol. The van der Waals surface area contributed by atoms with Crippen molar-refractivity contribution < 1.29 is 9.47 Å². The number of anilines is 2. The molecule has 0 bridgehead atoms. The van der Waals surface area contributed by atoms with Crippen LogP contribution in [0.25, 0.3) is 0 Å². The van der Waals surface area contributed by atoms with Crippen LogP contribution < -0.4 is 20.1 Å². The van der Waals surface area contributed by atoms with E-state index in [-0.39, 0.29) is 0 Å². The number of methoxy groups -OCH3 is 2. The summed E-state index contributed by atoms with van der Waals surface area (Å²) < 4.78 is 10.4. The zero-order chi connectivity index (χ0) is 14.8. The van der Waals surface area contributed by atoms with Gasteiger partial charge < -0.3 is 20.1 Å². The summed E-state index contributed by atoms with van der Waals surface area (Å²) in [6.45, 7) is 1.55. The Kier molecular flexibility index (Phi) is 3.51. The van der Waals surface area contributed by atoms with Crippen molar-refractivity contribution in [1.82, 2.24) is 9.97 Å². The minimum Gasteiger partial charge on any atom is -0.481 e. The second-order valence-electron chi connectivity index (χ2n) is 4.91. The van der Waals surface area contributed by atoms with Crippen LogP contribution in [-0.4, -0.2) is 30.7 Å².